The second-order valence-corrected chi connectivity index (χ2v) is 13.7. The Labute approximate surface area is 221 Å². The third-order valence-corrected chi connectivity index (χ3v) is 9.50. The molecule has 11 heteroatoms. The van der Waals surface area contributed by atoms with Crippen LogP contribution in [-0.4, -0.2) is 53.0 Å². The van der Waals surface area contributed by atoms with E-state index in [2.05, 4.69) is 0 Å². The van der Waals surface area contributed by atoms with Crippen molar-refractivity contribution < 1.29 is 30.8 Å². The Kier molecular flexibility index (Phi) is 7.19. The normalized spacial score (nSPS) is 17.4. The Hall–Kier alpha value is -3.02. The summed E-state index contributed by atoms with van der Waals surface area (Å²) in [6.07, 6.45) is 3.78. The van der Waals surface area contributed by atoms with E-state index < -0.39 is 31.8 Å². The number of carbonyl (C=O) groups excluding carboxylic acids is 1. The van der Waals surface area contributed by atoms with Crippen LogP contribution in [0, 0.1) is 11.7 Å². The van der Waals surface area contributed by atoms with Crippen molar-refractivity contribution in [3.8, 4) is 5.75 Å². The third-order valence-electron chi connectivity index (χ3n) is 7.05. The molecule has 1 amide bonds. The lowest BCUT2D eigenvalue weighted by molar-refractivity contribution is 0.0977. The maximum Gasteiger partial charge on any atom is 0.267 e. The molecule has 202 valence electrons. The van der Waals surface area contributed by atoms with E-state index >= 15 is 0 Å². The van der Waals surface area contributed by atoms with Gasteiger partial charge in [-0.15, -0.1) is 0 Å². The first-order valence-electron chi connectivity index (χ1n) is 12.5. The van der Waals surface area contributed by atoms with E-state index in [0.29, 0.717) is 37.2 Å². The molecule has 0 bridgehead atoms. The van der Waals surface area contributed by atoms with E-state index in [1.165, 1.54) is 10.4 Å². The van der Waals surface area contributed by atoms with Crippen molar-refractivity contribution in [2.45, 2.75) is 36.5 Å². The molecule has 1 aliphatic heterocycles. The summed E-state index contributed by atoms with van der Waals surface area (Å²) >= 11 is 0. The van der Waals surface area contributed by atoms with Crippen molar-refractivity contribution in [3.63, 3.8) is 0 Å². The lowest BCUT2D eigenvalue weighted by Gasteiger charge is -2.31. The smallest absolute Gasteiger partial charge is 0.267 e. The van der Waals surface area contributed by atoms with Gasteiger partial charge in [-0.3, -0.25) is 4.79 Å². The molecule has 0 radical (unpaired) electrons. The SMILES string of the molecule is CS(=O)(=O)NC(=O)c1cc(C2CC2)c(OCC2CCN(S(=O)(=O)c3ccc4ccccc4c3)CC2)cc1F. The number of nitrogens with zero attached hydrogens (tertiary/aromatic N) is 1. The highest BCUT2D eigenvalue weighted by Gasteiger charge is 2.32. The molecule has 38 heavy (non-hydrogen) atoms. The molecular weight excluding hydrogens is 531 g/mol. The molecular formula is C27H29FN2O6S2. The van der Waals surface area contributed by atoms with Gasteiger partial charge in [0.25, 0.3) is 5.91 Å². The van der Waals surface area contributed by atoms with Gasteiger partial charge in [-0.05, 0) is 72.1 Å². The standard InChI is InChI=1S/C27H29FN2O6S2/c1-37(32,33)29-27(31)24-15-23(20-6-7-20)26(16-25(24)28)36-17-18-10-12-30(13-11-18)38(34,35)22-9-8-19-4-2-3-5-21(19)14-22/h2-5,8-9,14-16,18,20H,6-7,10-13,17H2,1H3,(H,29,31). The van der Waals surface area contributed by atoms with Gasteiger partial charge in [0.2, 0.25) is 20.0 Å². The topological polar surface area (TPSA) is 110 Å². The summed E-state index contributed by atoms with van der Waals surface area (Å²) in [4.78, 5) is 12.5. The number of piperidine rings is 1. The number of benzene rings is 3. The highest BCUT2D eigenvalue weighted by Crippen LogP contribution is 2.45. The number of nitrogens with one attached hydrogen (secondary N) is 1. The number of carbonyl (C=O) groups is 1. The maximum absolute atomic E-state index is 14.7. The summed E-state index contributed by atoms with van der Waals surface area (Å²) < 4.78 is 73.3. The number of hydrogen-bond acceptors (Lipinski definition) is 6. The van der Waals surface area contributed by atoms with Gasteiger partial charge in [-0.25, -0.2) is 25.9 Å². The number of hydrogen-bond donors (Lipinski definition) is 1. The van der Waals surface area contributed by atoms with Gasteiger partial charge in [0.1, 0.15) is 11.6 Å². The van der Waals surface area contributed by atoms with Crippen LogP contribution in [-0.2, 0) is 20.0 Å². The van der Waals surface area contributed by atoms with Gasteiger partial charge >= 0.3 is 0 Å². The second-order valence-electron chi connectivity index (χ2n) is 10.0. The van der Waals surface area contributed by atoms with Crippen LogP contribution in [0.4, 0.5) is 4.39 Å². The van der Waals surface area contributed by atoms with Crippen LogP contribution in [0.25, 0.3) is 10.8 Å². The molecule has 5 rings (SSSR count). The zero-order valence-corrected chi connectivity index (χ0v) is 22.5. The zero-order valence-electron chi connectivity index (χ0n) is 20.9. The number of sulfonamides is 2. The fraction of sp³-hybridized carbons (Fsp3) is 0.370. The third kappa shape index (κ3) is 5.84. The molecule has 2 aliphatic rings. The van der Waals surface area contributed by atoms with Crippen LogP contribution in [0.2, 0.25) is 0 Å². The molecule has 0 unspecified atom stereocenters. The fourth-order valence-corrected chi connectivity index (χ4v) is 6.76. The van der Waals surface area contributed by atoms with Crippen molar-refractivity contribution in [2.24, 2.45) is 5.92 Å². The Morgan fingerprint density at radius 2 is 1.66 bits per heavy atom. The molecule has 3 aromatic carbocycles. The summed E-state index contributed by atoms with van der Waals surface area (Å²) in [5.74, 6) is -1.32. The lowest BCUT2D eigenvalue weighted by Crippen LogP contribution is -2.39. The Bertz CT molecular complexity index is 1600. The summed E-state index contributed by atoms with van der Waals surface area (Å²) in [5.41, 5.74) is 0.346. The first-order valence-corrected chi connectivity index (χ1v) is 15.8. The predicted octanol–water partition coefficient (Wildman–Crippen LogP) is 4.03. The van der Waals surface area contributed by atoms with Gasteiger partial charge in [-0.2, -0.15) is 4.31 Å². The summed E-state index contributed by atoms with van der Waals surface area (Å²) in [6, 6.07) is 15.3. The van der Waals surface area contributed by atoms with E-state index in [9.17, 15) is 26.0 Å². The first-order chi connectivity index (χ1) is 18.0. The van der Waals surface area contributed by atoms with E-state index in [-0.39, 0.29) is 28.9 Å². The van der Waals surface area contributed by atoms with Gasteiger partial charge in [-0.1, -0.05) is 30.3 Å². The van der Waals surface area contributed by atoms with E-state index in [0.717, 1.165) is 35.9 Å². The quantitative estimate of drug-likeness (QED) is 0.446. The van der Waals surface area contributed by atoms with Crippen molar-refractivity contribution in [2.75, 3.05) is 26.0 Å². The monoisotopic (exact) mass is 560 g/mol. The highest BCUT2D eigenvalue weighted by atomic mass is 32.2. The summed E-state index contributed by atoms with van der Waals surface area (Å²) in [6.45, 7) is 1.01. The van der Waals surface area contributed by atoms with Crippen molar-refractivity contribution in [1.29, 1.82) is 0 Å². The number of amides is 1. The number of halogens is 1. The van der Waals surface area contributed by atoms with Crippen LogP contribution in [0.15, 0.2) is 59.5 Å². The minimum atomic E-state index is -3.83. The summed E-state index contributed by atoms with van der Waals surface area (Å²) in [5, 5.41) is 1.85. The van der Waals surface area contributed by atoms with Crippen LogP contribution in [0.5, 0.6) is 5.75 Å². The molecule has 0 spiro atoms. The van der Waals surface area contributed by atoms with E-state index in [1.807, 2.05) is 30.3 Å². The Morgan fingerprint density at radius 1 is 0.974 bits per heavy atom. The van der Waals surface area contributed by atoms with Gasteiger partial charge in [0.05, 0.1) is 23.3 Å². The average molecular weight is 561 g/mol. The molecule has 1 aliphatic carbocycles. The molecule has 2 fully saturated rings. The predicted molar refractivity (Wildman–Crippen MR) is 142 cm³/mol. The molecule has 1 N–H and O–H groups in total. The minimum absolute atomic E-state index is 0.0846. The Balaban J connectivity index is 1.23. The van der Waals surface area contributed by atoms with Crippen LogP contribution in [0.1, 0.15) is 47.5 Å². The lowest BCUT2D eigenvalue weighted by atomic mass is 9.99. The highest BCUT2D eigenvalue weighted by molar-refractivity contribution is 7.89. The van der Waals surface area contributed by atoms with E-state index in [4.69, 9.17) is 4.74 Å². The molecule has 1 heterocycles. The van der Waals surface area contributed by atoms with Crippen molar-refractivity contribution in [1.82, 2.24) is 9.03 Å². The molecule has 0 aromatic heterocycles. The molecule has 0 atom stereocenters. The number of fused-ring (bicyclic) bond motifs is 1. The molecule has 8 nitrogen and oxygen atoms in total. The molecule has 3 aromatic rings. The van der Waals surface area contributed by atoms with E-state index in [1.54, 1.807) is 16.9 Å². The molecule has 1 saturated heterocycles. The van der Waals surface area contributed by atoms with Crippen molar-refractivity contribution >= 4 is 36.7 Å². The summed E-state index contributed by atoms with van der Waals surface area (Å²) in [7, 11) is -7.45. The minimum Gasteiger partial charge on any atom is -0.493 e. The zero-order chi connectivity index (χ0) is 27.1. The average Bonchev–Trinajstić information content (AvgIpc) is 3.72. The van der Waals surface area contributed by atoms with Crippen LogP contribution < -0.4 is 9.46 Å². The fourth-order valence-electron chi connectivity index (χ4n) is 4.81. The van der Waals surface area contributed by atoms with Gasteiger partial charge in [0.15, 0.2) is 0 Å². The first kappa shape index (κ1) is 26.6. The maximum atomic E-state index is 14.7. The van der Waals surface area contributed by atoms with Crippen molar-refractivity contribution in [3.05, 3.63) is 71.5 Å². The number of rotatable bonds is 8. The van der Waals surface area contributed by atoms with Crippen LogP contribution in [0.3, 0.4) is 0 Å². The van der Waals surface area contributed by atoms with Gasteiger partial charge < -0.3 is 4.74 Å². The second kappa shape index (κ2) is 10.3. The van der Waals surface area contributed by atoms with Gasteiger partial charge in [0, 0.05) is 19.2 Å². The molecule has 1 saturated carbocycles. The Morgan fingerprint density at radius 3 is 2.32 bits per heavy atom. The number of ether oxygens (including phenoxy) is 1. The van der Waals surface area contributed by atoms with Crippen LogP contribution >= 0.6 is 0 Å². The largest absolute Gasteiger partial charge is 0.493 e.